The summed E-state index contributed by atoms with van der Waals surface area (Å²) in [5.74, 6) is 0.678. The Morgan fingerprint density at radius 2 is 2.24 bits per heavy atom. The Morgan fingerprint density at radius 1 is 1.40 bits per heavy atom. The normalized spacial score (nSPS) is 17.3. The van der Waals surface area contributed by atoms with Gasteiger partial charge in [-0.05, 0) is 25.8 Å². The van der Waals surface area contributed by atoms with Crippen molar-refractivity contribution in [1.82, 2.24) is 15.0 Å². The van der Waals surface area contributed by atoms with E-state index in [4.69, 9.17) is 16.2 Å². The Balaban J connectivity index is 1.97. The highest BCUT2D eigenvalue weighted by atomic mass is 16.5. The summed E-state index contributed by atoms with van der Waals surface area (Å²) in [5, 5.41) is 0. The molecule has 0 spiro atoms. The van der Waals surface area contributed by atoms with Crippen LogP contribution in [0.1, 0.15) is 19.8 Å². The van der Waals surface area contributed by atoms with Crippen molar-refractivity contribution in [2.24, 2.45) is 5.92 Å². The van der Waals surface area contributed by atoms with E-state index in [0.717, 1.165) is 24.9 Å². The molecule has 0 aliphatic carbocycles. The van der Waals surface area contributed by atoms with Crippen molar-refractivity contribution in [3.63, 3.8) is 0 Å². The lowest BCUT2D eigenvalue weighted by molar-refractivity contribution is -0.148. The molecule has 132 valence electrons. The number of rotatable bonds is 4. The average molecular weight is 342 g/mol. The molecule has 25 heavy (non-hydrogen) atoms. The Morgan fingerprint density at radius 3 is 2.96 bits per heavy atom. The number of nitrogens with two attached hydrogens (primary N) is 2. The maximum Gasteiger partial charge on any atom is 0.310 e. The van der Waals surface area contributed by atoms with Crippen molar-refractivity contribution in [2.75, 3.05) is 36.1 Å². The molecule has 0 aromatic carbocycles. The quantitative estimate of drug-likeness (QED) is 0.802. The van der Waals surface area contributed by atoms with Crippen LogP contribution in [0, 0.1) is 5.92 Å². The number of esters is 1. The van der Waals surface area contributed by atoms with E-state index in [-0.39, 0.29) is 17.8 Å². The number of hydrogen-bond acceptors (Lipinski definition) is 8. The van der Waals surface area contributed by atoms with Gasteiger partial charge in [-0.2, -0.15) is 9.97 Å². The lowest BCUT2D eigenvalue weighted by Crippen LogP contribution is -2.40. The first-order valence-electron chi connectivity index (χ1n) is 8.35. The van der Waals surface area contributed by atoms with Crippen molar-refractivity contribution in [2.45, 2.75) is 19.8 Å². The Hall–Kier alpha value is -2.90. The van der Waals surface area contributed by atoms with E-state index in [9.17, 15) is 4.79 Å². The van der Waals surface area contributed by atoms with Crippen LogP contribution in [-0.2, 0) is 9.53 Å². The van der Waals surface area contributed by atoms with Gasteiger partial charge in [0.2, 0.25) is 5.95 Å². The van der Waals surface area contributed by atoms with Gasteiger partial charge in [0.25, 0.3) is 0 Å². The van der Waals surface area contributed by atoms with Crippen LogP contribution in [0.3, 0.4) is 0 Å². The molecule has 0 amide bonds. The highest BCUT2D eigenvalue weighted by Crippen LogP contribution is 2.35. The van der Waals surface area contributed by atoms with Gasteiger partial charge in [-0.15, -0.1) is 0 Å². The van der Waals surface area contributed by atoms with Gasteiger partial charge in [0.1, 0.15) is 11.6 Å². The first kappa shape index (κ1) is 16.9. The number of carbonyl (C=O) groups is 1. The lowest BCUT2D eigenvalue weighted by Gasteiger charge is -2.33. The summed E-state index contributed by atoms with van der Waals surface area (Å²) in [5.41, 5.74) is 13.4. The minimum absolute atomic E-state index is 0.110. The molecule has 3 heterocycles. The van der Waals surface area contributed by atoms with E-state index < -0.39 is 0 Å². The monoisotopic (exact) mass is 342 g/mol. The van der Waals surface area contributed by atoms with Crippen LogP contribution in [-0.4, -0.2) is 40.6 Å². The summed E-state index contributed by atoms with van der Waals surface area (Å²) in [6.45, 7) is 3.47. The van der Waals surface area contributed by atoms with E-state index in [1.165, 1.54) is 0 Å². The minimum Gasteiger partial charge on any atom is -0.466 e. The second-order valence-corrected chi connectivity index (χ2v) is 5.94. The minimum atomic E-state index is -0.187. The number of nitrogen functional groups attached to an aromatic ring is 2. The summed E-state index contributed by atoms with van der Waals surface area (Å²) < 4.78 is 5.17. The molecule has 1 unspecified atom stereocenters. The highest BCUT2D eigenvalue weighted by molar-refractivity contribution is 5.85. The van der Waals surface area contributed by atoms with Crippen LogP contribution in [0.15, 0.2) is 24.5 Å². The zero-order valence-corrected chi connectivity index (χ0v) is 14.2. The molecule has 1 aliphatic rings. The van der Waals surface area contributed by atoms with Gasteiger partial charge < -0.3 is 21.1 Å². The summed E-state index contributed by atoms with van der Waals surface area (Å²) in [6, 6.07) is 3.72. The van der Waals surface area contributed by atoms with Gasteiger partial charge in [0.15, 0.2) is 0 Å². The third kappa shape index (κ3) is 3.62. The largest absolute Gasteiger partial charge is 0.466 e. The Kier molecular flexibility index (Phi) is 4.97. The predicted octanol–water partition coefficient (Wildman–Crippen LogP) is 1.48. The molecule has 2 aromatic heterocycles. The summed E-state index contributed by atoms with van der Waals surface area (Å²) in [7, 11) is 0. The first-order chi connectivity index (χ1) is 12.1. The van der Waals surface area contributed by atoms with E-state index >= 15 is 0 Å². The van der Waals surface area contributed by atoms with Crippen LogP contribution in [0.4, 0.5) is 17.6 Å². The average Bonchev–Trinajstić information content (AvgIpc) is 2.62. The van der Waals surface area contributed by atoms with Gasteiger partial charge in [-0.3, -0.25) is 9.78 Å². The third-order valence-electron chi connectivity index (χ3n) is 4.23. The van der Waals surface area contributed by atoms with Crippen molar-refractivity contribution in [3.05, 3.63) is 24.5 Å². The summed E-state index contributed by atoms with van der Waals surface area (Å²) >= 11 is 0. The zero-order chi connectivity index (χ0) is 17.8. The number of aromatic nitrogens is 3. The van der Waals surface area contributed by atoms with E-state index in [1.54, 1.807) is 12.4 Å². The molecule has 4 N–H and O–H groups in total. The van der Waals surface area contributed by atoms with Crippen LogP contribution < -0.4 is 16.4 Å². The van der Waals surface area contributed by atoms with Crippen LogP contribution in [0.5, 0.6) is 0 Å². The van der Waals surface area contributed by atoms with Gasteiger partial charge in [-0.1, -0.05) is 6.07 Å². The fraction of sp³-hybridized carbons (Fsp3) is 0.412. The van der Waals surface area contributed by atoms with Crippen molar-refractivity contribution >= 4 is 23.6 Å². The number of ether oxygens (including phenoxy) is 1. The second-order valence-electron chi connectivity index (χ2n) is 5.94. The number of anilines is 3. The standard InChI is InChI=1S/C17H22N6O2/c1-2-25-16(24)12-6-4-8-23(10-12)15-13(11-5-3-7-20-9-11)14(18)21-17(19)22-15/h3,5,7,9,12H,2,4,6,8,10H2,1H3,(H4,18,19,21,22). The van der Waals surface area contributed by atoms with Crippen molar-refractivity contribution in [1.29, 1.82) is 0 Å². The zero-order valence-electron chi connectivity index (χ0n) is 14.2. The molecule has 1 fully saturated rings. The molecule has 0 radical (unpaired) electrons. The number of nitrogens with zero attached hydrogens (tertiary/aromatic N) is 4. The fourth-order valence-corrected chi connectivity index (χ4v) is 3.12. The van der Waals surface area contributed by atoms with Crippen LogP contribution in [0.25, 0.3) is 11.1 Å². The van der Waals surface area contributed by atoms with Crippen LogP contribution >= 0.6 is 0 Å². The molecule has 1 atom stereocenters. The molecular weight excluding hydrogens is 320 g/mol. The Bertz CT molecular complexity index is 752. The molecule has 8 heteroatoms. The number of pyridine rings is 1. The third-order valence-corrected chi connectivity index (χ3v) is 4.23. The molecule has 0 bridgehead atoms. The summed E-state index contributed by atoms with van der Waals surface area (Å²) in [6.07, 6.45) is 5.06. The molecule has 8 nitrogen and oxygen atoms in total. The number of hydrogen-bond donors (Lipinski definition) is 2. The summed E-state index contributed by atoms with van der Waals surface area (Å²) in [4.78, 5) is 26.8. The molecular formula is C17H22N6O2. The topological polar surface area (TPSA) is 120 Å². The molecule has 1 aliphatic heterocycles. The molecule has 1 saturated heterocycles. The number of piperidine rings is 1. The lowest BCUT2D eigenvalue weighted by atomic mass is 9.97. The van der Waals surface area contributed by atoms with E-state index in [1.807, 2.05) is 24.0 Å². The Labute approximate surface area is 146 Å². The molecule has 0 saturated carbocycles. The van der Waals surface area contributed by atoms with Crippen molar-refractivity contribution < 1.29 is 9.53 Å². The van der Waals surface area contributed by atoms with E-state index in [2.05, 4.69) is 15.0 Å². The predicted molar refractivity (Wildman–Crippen MR) is 95.7 cm³/mol. The first-order valence-corrected chi connectivity index (χ1v) is 8.35. The van der Waals surface area contributed by atoms with E-state index in [0.29, 0.717) is 30.4 Å². The van der Waals surface area contributed by atoms with Gasteiger partial charge in [-0.25, -0.2) is 0 Å². The van der Waals surface area contributed by atoms with Crippen LogP contribution in [0.2, 0.25) is 0 Å². The maximum atomic E-state index is 12.1. The molecule has 2 aromatic rings. The molecule has 3 rings (SSSR count). The van der Waals surface area contributed by atoms with Crippen molar-refractivity contribution in [3.8, 4) is 11.1 Å². The van der Waals surface area contributed by atoms with Gasteiger partial charge >= 0.3 is 5.97 Å². The maximum absolute atomic E-state index is 12.1. The second kappa shape index (κ2) is 7.33. The number of carbonyl (C=O) groups excluding carboxylic acids is 1. The SMILES string of the molecule is CCOC(=O)C1CCCN(c2nc(N)nc(N)c2-c2cccnc2)C1. The van der Waals surface area contributed by atoms with Gasteiger partial charge in [0.05, 0.1) is 18.1 Å². The van der Waals surface area contributed by atoms with Gasteiger partial charge in [0, 0.05) is 31.0 Å². The smallest absolute Gasteiger partial charge is 0.310 e. The highest BCUT2D eigenvalue weighted by Gasteiger charge is 2.30. The fourth-order valence-electron chi connectivity index (χ4n) is 3.12.